The van der Waals surface area contributed by atoms with Crippen molar-refractivity contribution in [2.75, 3.05) is 26.2 Å². The highest BCUT2D eigenvalue weighted by Crippen LogP contribution is 2.44. The molecule has 0 bridgehead atoms. The number of amides is 1. The summed E-state index contributed by atoms with van der Waals surface area (Å²) in [6.07, 6.45) is -0.663. The zero-order valence-corrected chi connectivity index (χ0v) is 22.2. The number of carbonyl (C=O) groups is 1. The molecule has 1 amide bonds. The molecule has 1 saturated heterocycles. The molecular formula is C24H26ClF3N4O3S2. The summed E-state index contributed by atoms with van der Waals surface area (Å²) in [5, 5.41) is -0.208. The van der Waals surface area contributed by atoms with Crippen LogP contribution in [0.3, 0.4) is 0 Å². The van der Waals surface area contributed by atoms with Gasteiger partial charge in [-0.1, -0.05) is 29.8 Å². The maximum atomic E-state index is 13.0. The highest BCUT2D eigenvalue weighted by Gasteiger charge is 2.40. The first-order chi connectivity index (χ1) is 17.5. The molecule has 1 saturated carbocycles. The van der Waals surface area contributed by atoms with Crippen molar-refractivity contribution in [1.82, 2.24) is 9.80 Å². The average Bonchev–Trinajstić information content (AvgIpc) is 3.61. The SMILES string of the molecule is O=C(Cc1ccc(CS(=O)(=O)C2CC2)cc1Cl)N1CCN(C2=NC=NC3SC(CC(F)(F)F)=CC23)CC1. The fourth-order valence-corrected chi connectivity index (χ4v) is 8.02. The normalized spacial score (nSPS) is 24.1. The van der Waals surface area contributed by atoms with Crippen LogP contribution in [0, 0.1) is 5.92 Å². The predicted molar refractivity (Wildman–Crippen MR) is 139 cm³/mol. The van der Waals surface area contributed by atoms with Gasteiger partial charge in [0.25, 0.3) is 0 Å². The summed E-state index contributed by atoms with van der Waals surface area (Å²) in [7, 11) is -3.15. The van der Waals surface area contributed by atoms with Crippen molar-refractivity contribution in [2.24, 2.45) is 15.9 Å². The standard InChI is InChI=1S/C24H26ClF3N4O3S2/c25-20-9-15(13-37(34,35)18-3-4-18)1-2-16(20)10-21(33)31-5-7-32(8-6-31)22-19-11-17(12-24(26,27)28)36-23(19)30-14-29-22/h1-2,9,11,14,18-19,23H,3-8,10,12-13H2. The number of hydrogen-bond acceptors (Lipinski definition) is 7. The first kappa shape index (κ1) is 26.6. The Balaban J connectivity index is 1.16. The topological polar surface area (TPSA) is 82.4 Å². The van der Waals surface area contributed by atoms with Crippen LogP contribution in [-0.4, -0.2) is 79.3 Å². The maximum absolute atomic E-state index is 13.0. The van der Waals surface area contributed by atoms with Crippen LogP contribution >= 0.6 is 23.4 Å². The molecule has 0 N–H and O–H groups in total. The summed E-state index contributed by atoms with van der Waals surface area (Å²) in [5.41, 5.74) is 1.26. The van der Waals surface area contributed by atoms with Gasteiger partial charge < -0.3 is 9.80 Å². The van der Waals surface area contributed by atoms with Crippen LogP contribution in [-0.2, 0) is 26.8 Å². The number of amidine groups is 1. The minimum atomic E-state index is -4.27. The van der Waals surface area contributed by atoms with Crippen LogP contribution in [0.2, 0.25) is 5.02 Å². The van der Waals surface area contributed by atoms with Crippen molar-refractivity contribution < 1.29 is 26.4 Å². The van der Waals surface area contributed by atoms with Crippen LogP contribution in [0.5, 0.6) is 0 Å². The molecule has 7 nitrogen and oxygen atoms in total. The molecule has 1 aliphatic carbocycles. The van der Waals surface area contributed by atoms with Crippen molar-refractivity contribution in [2.45, 2.75) is 48.2 Å². The monoisotopic (exact) mass is 574 g/mol. The van der Waals surface area contributed by atoms with Gasteiger partial charge in [0.1, 0.15) is 17.5 Å². The lowest BCUT2D eigenvalue weighted by atomic mass is 10.0. The van der Waals surface area contributed by atoms with E-state index in [0.29, 0.717) is 61.0 Å². The molecule has 4 aliphatic rings. The number of thioether (sulfide) groups is 1. The number of fused-ring (bicyclic) bond motifs is 1. The minimum Gasteiger partial charge on any atom is -0.356 e. The lowest BCUT2D eigenvalue weighted by Gasteiger charge is -2.39. The summed E-state index contributed by atoms with van der Waals surface area (Å²) in [5.74, 6) is 0.246. The van der Waals surface area contributed by atoms with E-state index in [1.807, 2.05) is 4.90 Å². The fourth-order valence-electron chi connectivity index (χ4n) is 4.77. The van der Waals surface area contributed by atoms with Crippen LogP contribution in [0.15, 0.2) is 39.2 Å². The number of piperazine rings is 1. The van der Waals surface area contributed by atoms with E-state index in [4.69, 9.17) is 11.6 Å². The minimum absolute atomic E-state index is 0.0462. The molecule has 1 aromatic carbocycles. The third kappa shape index (κ3) is 6.34. The Kier molecular flexibility index (Phi) is 7.36. The third-order valence-corrected chi connectivity index (χ3v) is 10.7. The second-order valence-corrected chi connectivity index (χ2v) is 13.6. The molecule has 3 aliphatic heterocycles. The Bertz CT molecular complexity index is 1270. The van der Waals surface area contributed by atoms with Crippen molar-refractivity contribution >= 4 is 51.3 Å². The number of benzene rings is 1. The number of nitrogens with zero attached hydrogens (tertiary/aromatic N) is 4. The van der Waals surface area contributed by atoms with Gasteiger partial charge in [0.05, 0.1) is 29.8 Å². The van der Waals surface area contributed by atoms with E-state index in [1.54, 1.807) is 29.2 Å². The largest absolute Gasteiger partial charge is 0.393 e. The Morgan fingerprint density at radius 3 is 2.54 bits per heavy atom. The third-order valence-electron chi connectivity index (χ3n) is 6.84. The molecule has 0 radical (unpaired) electrons. The quantitative estimate of drug-likeness (QED) is 0.512. The summed E-state index contributed by atoms with van der Waals surface area (Å²) in [4.78, 5) is 25.6. The first-order valence-corrected chi connectivity index (χ1v) is 15.0. The van der Waals surface area contributed by atoms with Gasteiger partial charge >= 0.3 is 6.18 Å². The summed E-state index contributed by atoms with van der Waals surface area (Å²) < 4.78 is 63.0. The van der Waals surface area contributed by atoms with E-state index >= 15 is 0 Å². The van der Waals surface area contributed by atoms with Crippen molar-refractivity contribution in [3.8, 4) is 0 Å². The van der Waals surface area contributed by atoms with Crippen molar-refractivity contribution in [1.29, 1.82) is 0 Å². The molecule has 3 heterocycles. The van der Waals surface area contributed by atoms with Crippen LogP contribution < -0.4 is 0 Å². The van der Waals surface area contributed by atoms with Gasteiger partial charge in [-0.2, -0.15) is 13.2 Å². The lowest BCUT2D eigenvalue weighted by Crippen LogP contribution is -2.53. The molecule has 200 valence electrons. The van der Waals surface area contributed by atoms with E-state index in [9.17, 15) is 26.4 Å². The number of aliphatic imine (C=N–C) groups is 2. The zero-order valence-electron chi connectivity index (χ0n) is 19.8. The Morgan fingerprint density at radius 1 is 1.16 bits per heavy atom. The van der Waals surface area contributed by atoms with Gasteiger partial charge in [-0.25, -0.2) is 13.4 Å². The zero-order chi connectivity index (χ0) is 26.4. The second kappa shape index (κ2) is 10.3. The van der Waals surface area contributed by atoms with Crippen LogP contribution in [0.4, 0.5) is 13.2 Å². The van der Waals surface area contributed by atoms with E-state index in [-0.39, 0.29) is 39.5 Å². The Hall–Kier alpha value is -2.05. The first-order valence-electron chi connectivity index (χ1n) is 12.0. The molecule has 5 rings (SSSR count). The maximum Gasteiger partial charge on any atom is 0.393 e. The Labute approximate surface area is 222 Å². The molecule has 2 unspecified atom stereocenters. The average molecular weight is 575 g/mol. The molecule has 0 spiro atoms. The number of rotatable bonds is 6. The van der Waals surface area contributed by atoms with Gasteiger partial charge in [-0.3, -0.25) is 9.79 Å². The van der Waals surface area contributed by atoms with Gasteiger partial charge in [0.15, 0.2) is 9.84 Å². The smallest absolute Gasteiger partial charge is 0.356 e. The number of hydrogen-bond donors (Lipinski definition) is 0. The molecular weight excluding hydrogens is 549 g/mol. The van der Waals surface area contributed by atoms with Crippen LogP contribution in [0.25, 0.3) is 0 Å². The van der Waals surface area contributed by atoms with Crippen molar-refractivity contribution in [3.63, 3.8) is 0 Å². The highest BCUT2D eigenvalue weighted by atomic mass is 35.5. The van der Waals surface area contributed by atoms with Gasteiger partial charge in [0, 0.05) is 31.2 Å². The van der Waals surface area contributed by atoms with Crippen molar-refractivity contribution in [3.05, 3.63) is 45.3 Å². The summed E-state index contributed by atoms with van der Waals surface area (Å²) in [6, 6.07) is 5.06. The molecule has 2 fully saturated rings. The molecule has 13 heteroatoms. The van der Waals surface area contributed by atoms with Gasteiger partial charge in [-0.15, -0.1) is 11.8 Å². The molecule has 0 aromatic heterocycles. The molecule has 2 atom stereocenters. The van der Waals surface area contributed by atoms with E-state index < -0.39 is 22.4 Å². The van der Waals surface area contributed by atoms with Crippen LogP contribution in [0.1, 0.15) is 30.4 Å². The van der Waals surface area contributed by atoms with Gasteiger partial charge in [-0.05, 0) is 34.9 Å². The predicted octanol–water partition coefficient (Wildman–Crippen LogP) is 4.07. The Morgan fingerprint density at radius 2 is 1.89 bits per heavy atom. The molecule has 37 heavy (non-hydrogen) atoms. The number of alkyl halides is 3. The van der Waals surface area contributed by atoms with E-state index in [1.165, 1.54) is 6.34 Å². The highest BCUT2D eigenvalue weighted by molar-refractivity contribution is 8.04. The fraction of sp³-hybridized carbons (Fsp3) is 0.542. The summed E-state index contributed by atoms with van der Waals surface area (Å²) >= 11 is 7.52. The number of allylic oxidation sites excluding steroid dienone is 1. The summed E-state index contributed by atoms with van der Waals surface area (Å²) in [6.45, 7) is 1.93. The lowest BCUT2D eigenvalue weighted by molar-refractivity contribution is -0.131. The van der Waals surface area contributed by atoms with E-state index in [2.05, 4.69) is 9.98 Å². The number of sulfone groups is 1. The number of carbonyl (C=O) groups excluding carboxylic acids is 1. The van der Waals surface area contributed by atoms with E-state index in [0.717, 1.165) is 11.8 Å². The second-order valence-electron chi connectivity index (χ2n) is 9.69. The molecule has 1 aromatic rings. The number of halogens is 4. The van der Waals surface area contributed by atoms with Gasteiger partial charge in [0.2, 0.25) is 5.91 Å².